The van der Waals surface area contributed by atoms with Crippen LogP contribution >= 0.6 is 0 Å². The van der Waals surface area contributed by atoms with Crippen molar-refractivity contribution in [2.75, 3.05) is 6.54 Å². The summed E-state index contributed by atoms with van der Waals surface area (Å²) >= 11 is 0. The Morgan fingerprint density at radius 3 is 2.38 bits per heavy atom. The molecular weight excluding hydrogens is 272 g/mol. The first-order valence-corrected chi connectivity index (χ1v) is 6.62. The molecule has 1 aromatic carbocycles. The second-order valence-electron chi connectivity index (χ2n) is 4.52. The van der Waals surface area contributed by atoms with Crippen LogP contribution in [0, 0.1) is 0 Å². The molecule has 0 aliphatic carbocycles. The summed E-state index contributed by atoms with van der Waals surface area (Å²) in [6.45, 7) is 0.472. The van der Waals surface area contributed by atoms with Crippen molar-refractivity contribution in [3.63, 3.8) is 0 Å². The number of hydrogen-bond acceptors (Lipinski definition) is 4. The number of carbonyl (C=O) groups is 2. The normalized spacial score (nSPS) is 10.3. The summed E-state index contributed by atoms with van der Waals surface area (Å²) in [6, 6.07) is 7.06. The highest BCUT2D eigenvalue weighted by atomic mass is 16.4. The molecule has 0 aliphatic rings. The van der Waals surface area contributed by atoms with E-state index in [2.05, 4.69) is 15.5 Å². The Kier molecular flexibility index (Phi) is 5.03. The first kappa shape index (κ1) is 14.7. The zero-order chi connectivity index (χ0) is 15.1. The van der Waals surface area contributed by atoms with Crippen LogP contribution in [0.3, 0.4) is 0 Å². The number of carboxylic acids is 1. The van der Waals surface area contributed by atoms with Gasteiger partial charge in [-0.2, -0.15) is 0 Å². The van der Waals surface area contributed by atoms with Crippen LogP contribution in [0.5, 0.6) is 0 Å². The molecule has 21 heavy (non-hydrogen) atoms. The Bertz CT molecular complexity index is 593. The molecule has 0 saturated carbocycles. The number of unbranched alkanes of at least 4 members (excludes halogenated alkanes) is 1. The molecule has 7 heteroatoms. The van der Waals surface area contributed by atoms with E-state index < -0.39 is 5.97 Å². The van der Waals surface area contributed by atoms with Crippen molar-refractivity contribution in [2.24, 2.45) is 0 Å². The highest BCUT2D eigenvalue weighted by Crippen LogP contribution is 2.08. The second-order valence-corrected chi connectivity index (χ2v) is 4.52. The number of hydrogen-bond donors (Lipinski definition) is 2. The maximum absolute atomic E-state index is 11.9. The van der Waals surface area contributed by atoms with Gasteiger partial charge < -0.3 is 10.4 Å². The SMILES string of the molecule is O=C(O)CCCCNC(=O)c1ccc(-n2cnnc2)cc1. The van der Waals surface area contributed by atoms with Gasteiger partial charge in [0.1, 0.15) is 12.7 Å². The van der Waals surface area contributed by atoms with Gasteiger partial charge in [-0.05, 0) is 37.1 Å². The molecule has 110 valence electrons. The molecule has 2 N–H and O–H groups in total. The number of nitrogens with one attached hydrogen (secondary N) is 1. The fourth-order valence-electron chi connectivity index (χ4n) is 1.82. The molecule has 0 fully saturated rings. The highest BCUT2D eigenvalue weighted by Gasteiger charge is 2.05. The molecule has 0 aliphatic heterocycles. The molecule has 1 amide bonds. The molecule has 2 aromatic rings. The van der Waals surface area contributed by atoms with Crippen molar-refractivity contribution >= 4 is 11.9 Å². The largest absolute Gasteiger partial charge is 0.481 e. The summed E-state index contributed by atoms with van der Waals surface area (Å²) in [5, 5.41) is 18.7. The van der Waals surface area contributed by atoms with Crippen molar-refractivity contribution in [1.82, 2.24) is 20.1 Å². The van der Waals surface area contributed by atoms with E-state index in [1.54, 1.807) is 29.4 Å². The van der Waals surface area contributed by atoms with Crippen LogP contribution in [0.2, 0.25) is 0 Å². The lowest BCUT2D eigenvalue weighted by molar-refractivity contribution is -0.137. The zero-order valence-corrected chi connectivity index (χ0v) is 11.4. The summed E-state index contributed by atoms with van der Waals surface area (Å²) in [6.07, 6.45) is 4.50. The van der Waals surface area contributed by atoms with Crippen LogP contribution < -0.4 is 5.32 Å². The van der Waals surface area contributed by atoms with E-state index in [0.717, 1.165) is 5.69 Å². The minimum atomic E-state index is -0.814. The van der Waals surface area contributed by atoms with Crippen LogP contribution in [0.1, 0.15) is 29.6 Å². The summed E-state index contributed by atoms with van der Waals surface area (Å²) < 4.78 is 1.74. The van der Waals surface area contributed by atoms with Gasteiger partial charge in [0.2, 0.25) is 0 Å². The lowest BCUT2D eigenvalue weighted by Crippen LogP contribution is -2.24. The van der Waals surface area contributed by atoms with Gasteiger partial charge in [0, 0.05) is 24.2 Å². The van der Waals surface area contributed by atoms with E-state index in [1.165, 1.54) is 0 Å². The molecule has 0 unspecified atom stereocenters. The molecule has 0 saturated heterocycles. The van der Waals surface area contributed by atoms with Crippen LogP contribution in [0.15, 0.2) is 36.9 Å². The van der Waals surface area contributed by atoms with Crippen molar-refractivity contribution in [2.45, 2.75) is 19.3 Å². The van der Waals surface area contributed by atoms with Crippen LogP contribution in [-0.4, -0.2) is 38.3 Å². The van der Waals surface area contributed by atoms with E-state index in [0.29, 0.717) is 24.9 Å². The quantitative estimate of drug-likeness (QED) is 0.747. The fraction of sp³-hybridized carbons (Fsp3) is 0.286. The number of nitrogens with zero attached hydrogens (tertiary/aromatic N) is 3. The molecule has 1 aromatic heterocycles. The number of amides is 1. The average molecular weight is 288 g/mol. The first-order chi connectivity index (χ1) is 10.2. The van der Waals surface area contributed by atoms with E-state index in [1.807, 2.05) is 12.1 Å². The minimum Gasteiger partial charge on any atom is -0.481 e. The molecule has 0 spiro atoms. The summed E-state index contributed by atoms with van der Waals surface area (Å²) in [5.41, 5.74) is 1.43. The van der Waals surface area contributed by atoms with E-state index in [9.17, 15) is 9.59 Å². The number of aromatic nitrogens is 3. The van der Waals surface area contributed by atoms with E-state index in [-0.39, 0.29) is 12.3 Å². The minimum absolute atomic E-state index is 0.128. The predicted octanol–water partition coefficient (Wildman–Crippen LogP) is 1.25. The molecule has 2 rings (SSSR count). The van der Waals surface area contributed by atoms with Gasteiger partial charge in [0.05, 0.1) is 0 Å². The topological polar surface area (TPSA) is 97.1 Å². The fourth-order valence-corrected chi connectivity index (χ4v) is 1.82. The lowest BCUT2D eigenvalue weighted by atomic mass is 10.2. The summed E-state index contributed by atoms with van der Waals surface area (Å²) in [5.74, 6) is -0.980. The molecular formula is C14H16N4O3. The number of benzene rings is 1. The third-order valence-electron chi connectivity index (χ3n) is 2.95. The maximum Gasteiger partial charge on any atom is 0.303 e. The molecule has 0 bridgehead atoms. The predicted molar refractivity (Wildman–Crippen MR) is 75.2 cm³/mol. The summed E-state index contributed by atoms with van der Waals surface area (Å²) in [4.78, 5) is 22.2. The zero-order valence-electron chi connectivity index (χ0n) is 11.4. The maximum atomic E-state index is 11.9. The third kappa shape index (κ3) is 4.41. The van der Waals surface area contributed by atoms with Crippen molar-refractivity contribution in [3.8, 4) is 5.69 Å². The van der Waals surface area contributed by atoms with Gasteiger partial charge in [0.15, 0.2) is 0 Å². The Balaban J connectivity index is 1.81. The standard InChI is InChI=1S/C14H16N4O3/c19-13(20)3-1-2-8-15-14(21)11-4-6-12(7-5-11)18-9-16-17-10-18/h4-7,9-10H,1-3,8H2,(H,15,21)(H,19,20). The molecule has 0 atom stereocenters. The number of rotatable bonds is 7. The Labute approximate surface area is 121 Å². The first-order valence-electron chi connectivity index (χ1n) is 6.62. The van der Waals surface area contributed by atoms with Gasteiger partial charge in [-0.1, -0.05) is 0 Å². The molecule has 0 radical (unpaired) electrons. The van der Waals surface area contributed by atoms with Gasteiger partial charge in [-0.15, -0.1) is 10.2 Å². The van der Waals surface area contributed by atoms with Crippen molar-refractivity contribution in [3.05, 3.63) is 42.5 Å². The second kappa shape index (κ2) is 7.18. The Morgan fingerprint density at radius 2 is 1.76 bits per heavy atom. The lowest BCUT2D eigenvalue weighted by Gasteiger charge is -2.06. The van der Waals surface area contributed by atoms with Gasteiger partial charge in [0.25, 0.3) is 5.91 Å². The number of carboxylic acid groups (broad SMARTS) is 1. The smallest absolute Gasteiger partial charge is 0.303 e. The highest BCUT2D eigenvalue weighted by molar-refractivity contribution is 5.94. The van der Waals surface area contributed by atoms with Crippen molar-refractivity contribution in [1.29, 1.82) is 0 Å². The van der Waals surface area contributed by atoms with Crippen LogP contribution in [-0.2, 0) is 4.79 Å². The van der Waals surface area contributed by atoms with E-state index in [4.69, 9.17) is 5.11 Å². The summed E-state index contributed by atoms with van der Waals surface area (Å²) in [7, 11) is 0. The van der Waals surface area contributed by atoms with Crippen molar-refractivity contribution < 1.29 is 14.7 Å². The van der Waals surface area contributed by atoms with Gasteiger partial charge in [-0.3, -0.25) is 14.2 Å². The van der Waals surface area contributed by atoms with E-state index >= 15 is 0 Å². The Morgan fingerprint density at radius 1 is 1.10 bits per heavy atom. The molecule has 7 nitrogen and oxygen atoms in total. The molecule has 1 heterocycles. The Hall–Kier alpha value is -2.70. The van der Waals surface area contributed by atoms with Crippen LogP contribution in [0.25, 0.3) is 5.69 Å². The number of aliphatic carboxylic acids is 1. The van der Waals surface area contributed by atoms with Gasteiger partial charge >= 0.3 is 5.97 Å². The van der Waals surface area contributed by atoms with Crippen LogP contribution in [0.4, 0.5) is 0 Å². The third-order valence-corrected chi connectivity index (χ3v) is 2.95. The van der Waals surface area contributed by atoms with Gasteiger partial charge in [-0.25, -0.2) is 0 Å². The average Bonchev–Trinajstić information content (AvgIpc) is 3.01. The number of carbonyl (C=O) groups excluding carboxylic acids is 1. The monoisotopic (exact) mass is 288 g/mol.